The van der Waals surface area contributed by atoms with Crippen molar-refractivity contribution in [3.05, 3.63) is 53.8 Å². The second kappa shape index (κ2) is 7.16. The monoisotopic (exact) mass is 392 g/mol. The SMILES string of the molecule is CN(C)S(=O)(=O)c1ccc(C(=O)N2C[C@H](C(=O)O)[C@H](c3ccccc3)C2)o1. The number of rotatable bonds is 5. The number of carboxylic acid groups (broad SMARTS) is 1. The Bertz CT molecular complexity index is 951. The molecule has 3 rings (SSSR count). The molecular formula is C18H20N2O6S. The number of amides is 1. The van der Waals surface area contributed by atoms with E-state index in [0.29, 0.717) is 0 Å². The minimum absolute atomic E-state index is 0.0319. The molecule has 0 spiro atoms. The molecule has 144 valence electrons. The molecule has 1 saturated heterocycles. The molecule has 0 aliphatic carbocycles. The van der Waals surface area contributed by atoms with Crippen LogP contribution in [0.4, 0.5) is 0 Å². The van der Waals surface area contributed by atoms with Crippen molar-refractivity contribution in [2.45, 2.75) is 11.0 Å². The number of carbonyl (C=O) groups is 2. The molecule has 27 heavy (non-hydrogen) atoms. The topological polar surface area (TPSA) is 108 Å². The molecule has 1 aromatic carbocycles. The second-order valence-corrected chi connectivity index (χ2v) is 8.66. The van der Waals surface area contributed by atoms with Gasteiger partial charge in [-0.05, 0) is 17.7 Å². The first-order valence-electron chi connectivity index (χ1n) is 8.31. The van der Waals surface area contributed by atoms with Gasteiger partial charge in [0.1, 0.15) is 0 Å². The van der Waals surface area contributed by atoms with E-state index in [1.54, 1.807) is 0 Å². The number of benzene rings is 1. The Morgan fingerprint density at radius 1 is 1.11 bits per heavy atom. The minimum atomic E-state index is -3.79. The van der Waals surface area contributed by atoms with Gasteiger partial charge in [-0.15, -0.1) is 0 Å². The van der Waals surface area contributed by atoms with Crippen molar-refractivity contribution >= 4 is 21.9 Å². The summed E-state index contributed by atoms with van der Waals surface area (Å²) >= 11 is 0. The second-order valence-electron chi connectivity index (χ2n) is 6.58. The van der Waals surface area contributed by atoms with Crippen LogP contribution in [0, 0.1) is 5.92 Å². The summed E-state index contributed by atoms with van der Waals surface area (Å²) in [6, 6.07) is 11.7. The number of likely N-dealkylation sites (tertiary alicyclic amines) is 1. The molecule has 0 bridgehead atoms. The Morgan fingerprint density at radius 2 is 1.78 bits per heavy atom. The van der Waals surface area contributed by atoms with Crippen LogP contribution in [0.15, 0.2) is 52.0 Å². The van der Waals surface area contributed by atoms with E-state index in [0.717, 1.165) is 9.87 Å². The van der Waals surface area contributed by atoms with Crippen molar-refractivity contribution in [3.63, 3.8) is 0 Å². The van der Waals surface area contributed by atoms with E-state index in [4.69, 9.17) is 4.42 Å². The molecular weight excluding hydrogens is 372 g/mol. The van der Waals surface area contributed by atoms with Gasteiger partial charge in [-0.3, -0.25) is 9.59 Å². The summed E-state index contributed by atoms with van der Waals surface area (Å²) in [5, 5.41) is 9.21. The number of carbonyl (C=O) groups excluding carboxylic acids is 1. The molecule has 1 aromatic heterocycles. The van der Waals surface area contributed by atoms with Crippen LogP contribution in [-0.2, 0) is 14.8 Å². The van der Waals surface area contributed by atoms with E-state index < -0.39 is 27.8 Å². The molecule has 1 aliphatic heterocycles. The van der Waals surface area contributed by atoms with Gasteiger partial charge < -0.3 is 14.4 Å². The molecule has 9 heteroatoms. The van der Waals surface area contributed by atoms with Crippen molar-refractivity contribution in [1.29, 1.82) is 0 Å². The van der Waals surface area contributed by atoms with Crippen molar-refractivity contribution < 1.29 is 27.5 Å². The largest absolute Gasteiger partial charge is 0.481 e. The highest BCUT2D eigenvalue weighted by Crippen LogP contribution is 2.34. The molecule has 0 unspecified atom stereocenters. The van der Waals surface area contributed by atoms with E-state index in [2.05, 4.69) is 0 Å². The lowest BCUT2D eigenvalue weighted by Crippen LogP contribution is -2.29. The minimum Gasteiger partial charge on any atom is -0.481 e. The van der Waals surface area contributed by atoms with E-state index in [-0.39, 0.29) is 29.9 Å². The summed E-state index contributed by atoms with van der Waals surface area (Å²) in [6.07, 6.45) is 0. The Balaban J connectivity index is 1.84. The maximum Gasteiger partial charge on any atom is 0.308 e. The van der Waals surface area contributed by atoms with Gasteiger partial charge in [0.15, 0.2) is 5.76 Å². The molecule has 2 atom stereocenters. The third-order valence-electron chi connectivity index (χ3n) is 4.68. The third-order valence-corrected chi connectivity index (χ3v) is 6.37. The molecule has 0 radical (unpaired) electrons. The lowest BCUT2D eigenvalue weighted by molar-refractivity contribution is -0.141. The first-order chi connectivity index (χ1) is 12.7. The van der Waals surface area contributed by atoms with E-state index >= 15 is 0 Å². The average Bonchev–Trinajstić information content (AvgIpc) is 3.29. The zero-order valence-corrected chi connectivity index (χ0v) is 15.7. The smallest absolute Gasteiger partial charge is 0.308 e. The number of sulfonamides is 1. The van der Waals surface area contributed by atoms with Gasteiger partial charge in [0.2, 0.25) is 5.09 Å². The maximum absolute atomic E-state index is 12.7. The van der Waals surface area contributed by atoms with E-state index in [1.165, 1.54) is 31.1 Å². The lowest BCUT2D eigenvalue weighted by Gasteiger charge is -2.15. The molecule has 1 amide bonds. The van der Waals surface area contributed by atoms with Gasteiger partial charge in [-0.1, -0.05) is 30.3 Å². The standard InChI is InChI=1S/C18H20N2O6S/c1-19(2)27(24,25)16-9-8-15(26-16)17(21)20-10-13(14(11-20)18(22)23)12-6-4-3-5-7-12/h3-9,13-14H,10-11H2,1-2H3,(H,22,23)/t13-,14-/m0/s1. The zero-order valence-electron chi connectivity index (χ0n) is 14.9. The van der Waals surface area contributed by atoms with Gasteiger partial charge in [-0.2, -0.15) is 0 Å². The maximum atomic E-state index is 12.7. The quantitative estimate of drug-likeness (QED) is 0.826. The van der Waals surface area contributed by atoms with Crippen LogP contribution >= 0.6 is 0 Å². The Hall–Kier alpha value is -2.65. The zero-order chi connectivity index (χ0) is 19.8. The van der Waals surface area contributed by atoms with Crippen molar-refractivity contribution in [3.8, 4) is 0 Å². The van der Waals surface area contributed by atoms with Crippen LogP contribution in [0.5, 0.6) is 0 Å². The average molecular weight is 392 g/mol. The summed E-state index contributed by atoms with van der Waals surface area (Å²) in [7, 11) is -1.06. The van der Waals surface area contributed by atoms with Crippen LogP contribution in [0.2, 0.25) is 0 Å². The lowest BCUT2D eigenvalue weighted by atomic mass is 9.89. The molecule has 1 fully saturated rings. The highest BCUT2D eigenvalue weighted by atomic mass is 32.2. The van der Waals surface area contributed by atoms with Crippen molar-refractivity contribution in [1.82, 2.24) is 9.21 Å². The highest BCUT2D eigenvalue weighted by Gasteiger charge is 2.41. The van der Waals surface area contributed by atoms with Gasteiger partial charge >= 0.3 is 5.97 Å². The molecule has 8 nitrogen and oxygen atoms in total. The summed E-state index contributed by atoms with van der Waals surface area (Å²) in [4.78, 5) is 25.8. The normalized spacial score (nSPS) is 20.2. The number of nitrogens with zero attached hydrogens (tertiary/aromatic N) is 2. The Labute approximate surface area is 157 Å². The molecule has 2 aromatic rings. The summed E-state index contributed by atoms with van der Waals surface area (Å²) in [5.74, 6) is -2.72. The fourth-order valence-corrected chi connectivity index (χ4v) is 3.96. The van der Waals surface area contributed by atoms with E-state index in [1.807, 2.05) is 30.3 Å². The number of carboxylic acids is 1. The Morgan fingerprint density at radius 3 is 2.37 bits per heavy atom. The van der Waals surface area contributed by atoms with Gasteiger partial charge in [0.25, 0.3) is 15.9 Å². The molecule has 1 N–H and O–H groups in total. The number of furan rings is 1. The van der Waals surface area contributed by atoms with Crippen molar-refractivity contribution in [2.75, 3.05) is 27.2 Å². The Kier molecular flexibility index (Phi) is 5.07. The van der Waals surface area contributed by atoms with Crippen LogP contribution in [0.25, 0.3) is 0 Å². The first kappa shape index (κ1) is 19.1. The number of hydrogen-bond acceptors (Lipinski definition) is 5. The fraction of sp³-hybridized carbons (Fsp3) is 0.333. The predicted octanol–water partition coefficient (Wildman–Crippen LogP) is 1.47. The predicted molar refractivity (Wildman–Crippen MR) is 95.8 cm³/mol. The van der Waals surface area contributed by atoms with Gasteiger partial charge in [-0.25, -0.2) is 12.7 Å². The van der Waals surface area contributed by atoms with Gasteiger partial charge in [0, 0.05) is 33.1 Å². The number of hydrogen-bond donors (Lipinski definition) is 1. The number of aliphatic carboxylic acids is 1. The van der Waals surface area contributed by atoms with Crippen molar-refractivity contribution in [2.24, 2.45) is 5.92 Å². The summed E-state index contributed by atoms with van der Waals surface area (Å²) < 4.78 is 30.4. The molecule has 2 heterocycles. The third kappa shape index (κ3) is 3.60. The van der Waals surface area contributed by atoms with Crippen LogP contribution in [-0.4, -0.2) is 61.8 Å². The van der Waals surface area contributed by atoms with E-state index in [9.17, 15) is 23.1 Å². The van der Waals surface area contributed by atoms with Crippen LogP contribution in [0.1, 0.15) is 22.0 Å². The highest BCUT2D eigenvalue weighted by molar-refractivity contribution is 7.88. The summed E-state index contributed by atoms with van der Waals surface area (Å²) in [6.45, 7) is 0.250. The van der Waals surface area contributed by atoms with Gasteiger partial charge in [0.05, 0.1) is 5.92 Å². The summed E-state index contributed by atoms with van der Waals surface area (Å²) in [5.41, 5.74) is 0.843. The van der Waals surface area contributed by atoms with Crippen LogP contribution in [0.3, 0.4) is 0 Å². The first-order valence-corrected chi connectivity index (χ1v) is 9.75. The van der Waals surface area contributed by atoms with Crippen LogP contribution < -0.4 is 0 Å². The molecule has 0 saturated carbocycles. The molecule has 1 aliphatic rings. The fourth-order valence-electron chi connectivity index (χ4n) is 3.17.